The van der Waals surface area contributed by atoms with Crippen LogP contribution in [0.4, 0.5) is 10.5 Å². The Bertz CT molecular complexity index is 1060. The van der Waals surface area contributed by atoms with Crippen LogP contribution >= 0.6 is 0 Å². The Morgan fingerprint density at radius 3 is 2.24 bits per heavy atom. The fraction of sp³-hybridized carbons (Fsp3) is 0.391. The summed E-state index contributed by atoms with van der Waals surface area (Å²) in [5, 5.41) is 2.83. The quantitative estimate of drug-likeness (QED) is 0.609. The largest absolute Gasteiger partial charge is 0.497 e. The number of amides is 3. The monoisotopic (exact) mass is 474 g/mol. The van der Waals surface area contributed by atoms with Crippen LogP contribution in [0, 0.1) is 0 Å². The molecule has 3 amide bonds. The number of hydrogen-bond acceptors (Lipinski definition) is 5. The summed E-state index contributed by atoms with van der Waals surface area (Å²) < 4.78 is 30.7. The van der Waals surface area contributed by atoms with E-state index in [-0.39, 0.29) is 18.5 Å². The highest BCUT2D eigenvalue weighted by atomic mass is 32.2. The molecule has 33 heavy (non-hydrogen) atoms. The van der Waals surface area contributed by atoms with Crippen LogP contribution in [0.5, 0.6) is 5.75 Å². The molecule has 1 aliphatic rings. The van der Waals surface area contributed by atoms with Gasteiger partial charge in [-0.1, -0.05) is 30.3 Å². The molecular formula is C23H30N4O5S. The summed E-state index contributed by atoms with van der Waals surface area (Å²) >= 11 is 0. The van der Waals surface area contributed by atoms with Gasteiger partial charge in [-0.2, -0.15) is 0 Å². The second-order valence-electron chi connectivity index (χ2n) is 7.91. The van der Waals surface area contributed by atoms with Gasteiger partial charge in [-0.15, -0.1) is 0 Å². The molecule has 1 heterocycles. The summed E-state index contributed by atoms with van der Waals surface area (Å²) in [7, 11) is -1.80. The molecular weight excluding hydrogens is 444 g/mol. The highest BCUT2D eigenvalue weighted by Crippen LogP contribution is 2.17. The Hall–Kier alpha value is -3.27. The van der Waals surface area contributed by atoms with Crippen LogP contribution in [0.3, 0.4) is 0 Å². The first-order valence-corrected chi connectivity index (χ1v) is 12.6. The second-order valence-corrected chi connectivity index (χ2v) is 9.65. The molecule has 0 aliphatic carbocycles. The van der Waals surface area contributed by atoms with Gasteiger partial charge in [-0.05, 0) is 35.7 Å². The van der Waals surface area contributed by atoms with Gasteiger partial charge in [-0.3, -0.25) is 9.52 Å². The van der Waals surface area contributed by atoms with Gasteiger partial charge in [-0.25, -0.2) is 13.2 Å². The maximum absolute atomic E-state index is 12.6. The number of methoxy groups -OCH3 is 1. The molecule has 1 fully saturated rings. The van der Waals surface area contributed by atoms with E-state index < -0.39 is 10.0 Å². The number of piperazine rings is 1. The first-order valence-electron chi connectivity index (χ1n) is 10.7. The molecule has 0 spiro atoms. The maximum atomic E-state index is 12.6. The number of anilines is 1. The lowest BCUT2D eigenvalue weighted by atomic mass is 10.1. The Kier molecular flexibility index (Phi) is 8.16. The number of carbonyl (C=O) groups is 2. The predicted octanol–water partition coefficient (Wildman–Crippen LogP) is 2.05. The highest BCUT2D eigenvalue weighted by molar-refractivity contribution is 7.92. The van der Waals surface area contributed by atoms with Gasteiger partial charge < -0.3 is 19.9 Å². The number of carbonyl (C=O) groups excluding carboxylic acids is 2. The number of rotatable bonds is 8. The Labute approximate surface area is 194 Å². The number of para-hydroxylation sites is 1. The number of benzene rings is 2. The van der Waals surface area contributed by atoms with E-state index in [1.807, 2.05) is 24.3 Å². The van der Waals surface area contributed by atoms with Crippen LogP contribution in [0.15, 0.2) is 48.5 Å². The molecule has 1 aliphatic heterocycles. The van der Waals surface area contributed by atoms with Crippen LogP contribution in [-0.4, -0.2) is 69.7 Å². The zero-order valence-electron chi connectivity index (χ0n) is 18.9. The van der Waals surface area contributed by atoms with E-state index in [4.69, 9.17) is 4.74 Å². The average Bonchev–Trinajstić information content (AvgIpc) is 2.81. The minimum Gasteiger partial charge on any atom is -0.497 e. The number of nitrogens with one attached hydrogen (secondary N) is 2. The lowest BCUT2D eigenvalue weighted by molar-refractivity contribution is -0.132. The van der Waals surface area contributed by atoms with Crippen molar-refractivity contribution in [2.24, 2.45) is 0 Å². The van der Waals surface area contributed by atoms with Crippen LogP contribution in [0.1, 0.15) is 17.5 Å². The van der Waals surface area contributed by atoms with E-state index in [1.54, 1.807) is 41.2 Å². The molecule has 0 atom stereocenters. The summed E-state index contributed by atoms with van der Waals surface area (Å²) in [6.45, 7) is 2.06. The van der Waals surface area contributed by atoms with E-state index >= 15 is 0 Å². The molecule has 2 N–H and O–H groups in total. The van der Waals surface area contributed by atoms with Crippen molar-refractivity contribution >= 4 is 27.6 Å². The molecule has 1 saturated heterocycles. The number of ether oxygens (including phenoxy) is 1. The molecule has 0 radical (unpaired) electrons. The van der Waals surface area contributed by atoms with Gasteiger partial charge in [0.1, 0.15) is 5.75 Å². The van der Waals surface area contributed by atoms with E-state index in [0.717, 1.165) is 17.6 Å². The lowest BCUT2D eigenvalue weighted by Crippen LogP contribution is -2.53. The molecule has 178 valence electrons. The summed E-state index contributed by atoms with van der Waals surface area (Å²) in [5.74, 6) is 0.862. The molecule has 2 aromatic rings. The van der Waals surface area contributed by atoms with Crippen molar-refractivity contribution in [2.75, 3.05) is 44.3 Å². The number of urea groups is 1. The number of sulfonamides is 1. The van der Waals surface area contributed by atoms with Crippen LogP contribution in [0.2, 0.25) is 0 Å². The van der Waals surface area contributed by atoms with Crippen molar-refractivity contribution in [1.82, 2.24) is 15.1 Å². The Balaban J connectivity index is 1.44. The zero-order chi connectivity index (χ0) is 23.8. The fourth-order valence-corrected chi connectivity index (χ4v) is 4.22. The second kappa shape index (κ2) is 11.0. The first-order chi connectivity index (χ1) is 15.7. The van der Waals surface area contributed by atoms with Gasteiger partial charge in [0, 0.05) is 39.1 Å². The highest BCUT2D eigenvalue weighted by Gasteiger charge is 2.24. The Morgan fingerprint density at radius 2 is 1.61 bits per heavy atom. The van der Waals surface area contributed by atoms with E-state index in [2.05, 4.69) is 10.0 Å². The van der Waals surface area contributed by atoms with Gasteiger partial charge in [0.05, 0.1) is 19.1 Å². The number of hydrogen-bond donors (Lipinski definition) is 2. The van der Waals surface area contributed by atoms with Crippen LogP contribution in [-0.2, 0) is 27.8 Å². The maximum Gasteiger partial charge on any atom is 0.317 e. The molecule has 0 bridgehead atoms. The Morgan fingerprint density at radius 1 is 0.970 bits per heavy atom. The standard InChI is InChI=1S/C23H30N4O5S/c1-32-20-10-7-18(8-11-20)9-12-22(28)26-13-15-27(16-14-26)23(29)24-17-19-5-3-4-6-21(19)25-33(2,30)31/h3-8,10-11,25H,9,12-17H2,1-2H3,(H,24,29). The summed E-state index contributed by atoms with van der Waals surface area (Å²) in [4.78, 5) is 28.6. The normalized spacial score (nSPS) is 14.0. The number of nitrogens with zero attached hydrogens (tertiary/aromatic N) is 2. The van der Waals surface area contributed by atoms with Gasteiger partial charge in [0.2, 0.25) is 15.9 Å². The zero-order valence-corrected chi connectivity index (χ0v) is 19.7. The molecule has 9 nitrogen and oxygen atoms in total. The van der Waals surface area contributed by atoms with Crippen LogP contribution < -0.4 is 14.8 Å². The smallest absolute Gasteiger partial charge is 0.317 e. The van der Waals surface area contributed by atoms with Crippen molar-refractivity contribution in [3.63, 3.8) is 0 Å². The van der Waals surface area contributed by atoms with Gasteiger partial charge in [0.15, 0.2) is 0 Å². The summed E-state index contributed by atoms with van der Waals surface area (Å²) in [6.07, 6.45) is 2.16. The molecule has 0 unspecified atom stereocenters. The van der Waals surface area contributed by atoms with Crippen molar-refractivity contribution in [1.29, 1.82) is 0 Å². The minimum atomic E-state index is -3.42. The SMILES string of the molecule is COc1ccc(CCC(=O)N2CCN(C(=O)NCc3ccccc3NS(C)(=O)=O)CC2)cc1. The van der Waals surface area contributed by atoms with Crippen molar-refractivity contribution in [2.45, 2.75) is 19.4 Å². The first kappa shape index (κ1) is 24.4. The third kappa shape index (κ3) is 7.38. The predicted molar refractivity (Wildman–Crippen MR) is 127 cm³/mol. The van der Waals surface area contributed by atoms with Gasteiger partial charge in [0.25, 0.3) is 0 Å². The number of aryl methyl sites for hydroxylation is 1. The molecule has 2 aromatic carbocycles. The third-order valence-electron chi connectivity index (χ3n) is 5.45. The van der Waals surface area contributed by atoms with Crippen molar-refractivity contribution in [3.05, 3.63) is 59.7 Å². The molecule has 0 saturated carbocycles. The lowest BCUT2D eigenvalue weighted by Gasteiger charge is -2.34. The van der Waals surface area contributed by atoms with E-state index in [9.17, 15) is 18.0 Å². The topological polar surface area (TPSA) is 108 Å². The molecule has 0 aromatic heterocycles. The minimum absolute atomic E-state index is 0.0756. The van der Waals surface area contributed by atoms with Crippen LogP contribution in [0.25, 0.3) is 0 Å². The van der Waals surface area contributed by atoms with Gasteiger partial charge >= 0.3 is 6.03 Å². The fourth-order valence-electron chi connectivity index (χ4n) is 3.62. The molecule has 10 heteroatoms. The summed E-state index contributed by atoms with van der Waals surface area (Å²) in [5.41, 5.74) is 2.18. The average molecular weight is 475 g/mol. The summed E-state index contributed by atoms with van der Waals surface area (Å²) in [6, 6.07) is 14.4. The van der Waals surface area contributed by atoms with E-state index in [0.29, 0.717) is 50.3 Å². The van der Waals surface area contributed by atoms with E-state index in [1.165, 1.54) is 0 Å². The third-order valence-corrected chi connectivity index (χ3v) is 6.04. The molecule has 3 rings (SSSR count). The van der Waals surface area contributed by atoms with Crippen molar-refractivity contribution in [3.8, 4) is 5.75 Å². The van der Waals surface area contributed by atoms with Crippen molar-refractivity contribution < 1.29 is 22.7 Å².